The quantitative estimate of drug-likeness (QED) is 0.464. The van der Waals surface area contributed by atoms with E-state index in [-0.39, 0.29) is 36.4 Å². The Balaban J connectivity index is 1.14. The number of carbonyl (C=O) groups excluding carboxylic acids is 3. The molecule has 1 heterocycles. The zero-order chi connectivity index (χ0) is 28.0. The largest absolute Gasteiger partial charge is 0.466 e. The second-order valence-electron chi connectivity index (χ2n) is 10.2. The first-order chi connectivity index (χ1) is 18.6. The zero-order valence-corrected chi connectivity index (χ0v) is 21.9. The van der Waals surface area contributed by atoms with Crippen LogP contribution in [-0.4, -0.2) is 61.0 Å². The molecule has 0 atom stereocenters. The number of halogens is 3. The van der Waals surface area contributed by atoms with Gasteiger partial charge in [0.2, 0.25) is 5.91 Å². The number of hydrogen-bond acceptors (Lipinski definition) is 5. The van der Waals surface area contributed by atoms with E-state index in [2.05, 4.69) is 27.7 Å². The zero-order valence-electron chi connectivity index (χ0n) is 21.9. The standard InChI is InChI=1S/C29H34F3N3O4/c1-2-39-27(37)14-19-6-8-20(9-7-19)21-10-12-25(13-11-21)35-17-24(18-35)34-26(36)16-33-28(38)22-4-3-5-23(15-22)29(30,31)32/h3-9,15,21,24-25H,2,10-14,16-18H2,1H3,(H,33,38)(H,34,36)/t21-,25+. The minimum atomic E-state index is -4.54. The molecule has 2 aromatic rings. The van der Waals surface area contributed by atoms with Crippen LogP contribution in [0.1, 0.15) is 65.6 Å². The minimum absolute atomic E-state index is 0.00683. The van der Waals surface area contributed by atoms with Crippen LogP contribution in [0.3, 0.4) is 0 Å². The van der Waals surface area contributed by atoms with Gasteiger partial charge in [-0.1, -0.05) is 30.3 Å². The molecule has 1 aliphatic heterocycles. The lowest BCUT2D eigenvalue weighted by molar-refractivity contribution is -0.142. The Hall–Kier alpha value is -3.40. The van der Waals surface area contributed by atoms with Crippen LogP contribution in [-0.2, 0) is 26.9 Å². The summed E-state index contributed by atoms with van der Waals surface area (Å²) in [7, 11) is 0. The van der Waals surface area contributed by atoms with Crippen LogP contribution < -0.4 is 10.6 Å². The van der Waals surface area contributed by atoms with Gasteiger partial charge in [0.1, 0.15) is 0 Å². The van der Waals surface area contributed by atoms with E-state index in [0.29, 0.717) is 18.6 Å². The van der Waals surface area contributed by atoms with E-state index in [4.69, 9.17) is 4.74 Å². The van der Waals surface area contributed by atoms with Gasteiger partial charge >= 0.3 is 12.1 Å². The molecule has 0 radical (unpaired) electrons. The minimum Gasteiger partial charge on any atom is -0.466 e. The van der Waals surface area contributed by atoms with E-state index in [0.717, 1.165) is 56.5 Å². The summed E-state index contributed by atoms with van der Waals surface area (Å²) >= 11 is 0. The number of benzene rings is 2. The van der Waals surface area contributed by atoms with Gasteiger partial charge in [0.25, 0.3) is 5.91 Å². The summed E-state index contributed by atoms with van der Waals surface area (Å²) in [5, 5.41) is 5.27. The van der Waals surface area contributed by atoms with Gasteiger partial charge in [-0.25, -0.2) is 0 Å². The third-order valence-electron chi connectivity index (χ3n) is 7.45. The Bertz CT molecular complexity index is 1160. The summed E-state index contributed by atoms with van der Waals surface area (Å²) in [6, 6.07) is 12.8. The Kier molecular flexibility index (Phi) is 9.27. The summed E-state index contributed by atoms with van der Waals surface area (Å²) in [6.45, 7) is 3.37. The maximum atomic E-state index is 12.9. The summed E-state index contributed by atoms with van der Waals surface area (Å²) < 4.78 is 43.6. The maximum absolute atomic E-state index is 12.9. The maximum Gasteiger partial charge on any atom is 0.416 e. The van der Waals surface area contributed by atoms with Gasteiger partial charge in [-0.3, -0.25) is 19.3 Å². The fourth-order valence-electron chi connectivity index (χ4n) is 5.34. The highest BCUT2D eigenvalue weighted by atomic mass is 19.4. The van der Waals surface area contributed by atoms with E-state index < -0.39 is 17.6 Å². The van der Waals surface area contributed by atoms with Crippen molar-refractivity contribution in [3.8, 4) is 0 Å². The predicted octanol–water partition coefficient (Wildman–Crippen LogP) is 4.07. The molecule has 1 aliphatic carbocycles. The monoisotopic (exact) mass is 545 g/mol. The Morgan fingerprint density at radius 3 is 2.33 bits per heavy atom. The van der Waals surface area contributed by atoms with Gasteiger partial charge in [-0.05, 0) is 67.9 Å². The van der Waals surface area contributed by atoms with E-state index in [9.17, 15) is 27.6 Å². The fraction of sp³-hybridized carbons (Fsp3) is 0.483. The number of carbonyl (C=O) groups is 3. The molecule has 2 aliphatic rings. The van der Waals surface area contributed by atoms with Crippen molar-refractivity contribution in [2.24, 2.45) is 0 Å². The number of likely N-dealkylation sites (tertiary alicyclic amines) is 1. The van der Waals surface area contributed by atoms with Gasteiger partial charge in [-0.15, -0.1) is 0 Å². The lowest BCUT2D eigenvalue weighted by Crippen LogP contribution is -2.63. The highest BCUT2D eigenvalue weighted by Crippen LogP contribution is 2.36. The number of nitrogens with one attached hydrogen (secondary N) is 2. The second-order valence-corrected chi connectivity index (χ2v) is 10.2. The van der Waals surface area contributed by atoms with Crippen molar-refractivity contribution in [1.29, 1.82) is 0 Å². The summed E-state index contributed by atoms with van der Waals surface area (Å²) in [5.74, 6) is -0.809. The fourth-order valence-corrected chi connectivity index (χ4v) is 5.34. The van der Waals surface area contributed by atoms with Crippen LogP contribution >= 0.6 is 0 Å². The summed E-state index contributed by atoms with van der Waals surface area (Å²) in [5.41, 5.74) is 1.19. The average Bonchev–Trinajstić information content (AvgIpc) is 2.89. The molecule has 39 heavy (non-hydrogen) atoms. The van der Waals surface area contributed by atoms with E-state index in [1.807, 2.05) is 12.1 Å². The van der Waals surface area contributed by atoms with Crippen LogP contribution in [0.4, 0.5) is 13.2 Å². The molecular formula is C29H34F3N3O4. The van der Waals surface area contributed by atoms with Crippen molar-refractivity contribution in [1.82, 2.24) is 15.5 Å². The number of esters is 1. The number of nitrogens with zero attached hydrogens (tertiary/aromatic N) is 1. The second kappa shape index (κ2) is 12.6. The highest BCUT2D eigenvalue weighted by Gasteiger charge is 2.35. The number of ether oxygens (including phenoxy) is 1. The van der Waals surface area contributed by atoms with Crippen molar-refractivity contribution < 1.29 is 32.3 Å². The van der Waals surface area contributed by atoms with Crippen LogP contribution in [0, 0.1) is 0 Å². The first-order valence-corrected chi connectivity index (χ1v) is 13.4. The molecule has 4 rings (SSSR count). The van der Waals surface area contributed by atoms with Gasteiger partial charge in [0, 0.05) is 24.7 Å². The highest BCUT2D eigenvalue weighted by molar-refractivity contribution is 5.96. The van der Waals surface area contributed by atoms with E-state index in [1.54, 1.807) is 6.92 Å². The van der Waals surface area contributed by atoms with Crippen LogP contribution in [0.25, 0.3) is 0 Å². The molecule has 210 valence electrons. The number of alkyl halides is 3. The molecule has 7 nitrogen and oxygen atoms in total. The Morgan fingerprint density at radius 2 is 1.69 bits per heavy atom. The first-order valence-electron chi connectivity index (χ1n) is 13.4. The molecule has 10 heteroatoms. The summed E-state index contributed by atoms with van der Waals surface area (Å²) in [4.78, 5) is 38.5. The van der Waals surface area contributed by atoms with Gasteiger partial charge < -0.3 is 15.4 Å². The van der Waals surface area contributed by atoms with Crippen molar-refractivity contribution in [2.75, 3.05) is 26.2 Å². The normalized spacial score (nSPS) is 20.1. The third kappa shape index (κ3) is 7.81. The Morgan fingerprint density at radius 1 is 1.00 bits per heavy atom. The molecule has 2 amide bonds. The lowest BCUT2D eigenvalue weighted by Gasteiger charge is -2.46. The van der Waals surface area contributed by atoms with Crippen LogP contribution in [0.5, 0.6) is 0 Å². The number of hydrogen-bond donors (Lipinski definition) is 2. The lowest BCUT2D eigenvalue weighted by atomic mass is 9.80. The van der Waals surface area contributed by atoms with E-state index >= 15 is 0 Å². The molecule has 0 bridgehead atoms. The van der Waals surface area contributed by atoms with Crippen LogP contribution in [0.15, 0.2) is 48.5 Å². The molecule has 2 aromatic carbocycles. The van der Waals surface area contributed by atoms with E-state index in [1.165, 1.54) is 17.7 Å². The molecule has 0 spiro atoms. The number of amides is 2. The molecule has 1 saturated heterocycles. The summed E-state index contributed by atoms with van der Waals surface area (Å²) in [6.07, 6.45) is 0.0523. The van der Waals surface area contributed by atoms with Crippen LogP contribution in [0.2, 0.25) is 0 Å². The van der Waals surface area contributed by atoms with Crippen molar-refractivity contribution >= 4 is 17.8 Å². The molecule has 2 fully saturated rings. The molecule has 2 N–H and O–H groups in total. The number of rotatable bonds is 9. The smallest absolute Gasteiger partial charge is 0.416 e. The van der Waals surface area contributed by atoms with Crippen molar-refractivity contribution in [3.05, 3.63) is 70.8 Å². The topological polar surface area (TPSA) is 87.7 Å². The molecule has 0 unspecified atom stereocenters. The average molecular weight is 546 g/mol. The predicted molar refractivity (Wildman–Crippen MR) is 139 cm³/mol. The molecule has 0 aromatic heterocycles. The third-order valence-corrected chi connectivity index (χ3v) is 7.45. The first kappa shape index (κ1) is 28.6. The van der Waals surface area contributed by atoms with Gasteiger partial charge in [0.15, 0.2) is 0 Å². The van der Waals surface area contributed by atoms with Crippen molar-refractivity contribution in [3.63, 3.8) is 0 Å². The molecular weight excluding hydrogens is 511 g/mol. The van der Waals surface area contributed by atoms with Gasteiger partial charge in [0.05, 0.1) is 31.2 Å². The van der Waals surface area contributed by atoms with Gasteiger partial charge in [-0.2, -0.15) is 13.2 Å². The SMILES string of the molecule is CCOC(=O)Cc1ccc([C@H]2CC[C@@H](N3CC(NC(=O)CNC(=O)c4cccc(C(F)(F)F)c4)C3)CC2)cc1. The van der Waals surface area contributed by atoms with Crippen molar-refractivity contribution in [2.45, 2.75) is 63.2 Å². The molecule has 1 saturated carbocycles. The Labute approximate surface area is 226 Å².